The second-order valence-electron chi connectivity index (χ2n) is 5.60. The second kappa shape index (κ2) is 9.25. The van der Waals surface area contributed by atoms with Crippen LogP contribution in [0.5, 0.6) is 0 Å². The van der Waals surface area contributed by atoms with Crippen LogP contribution in [-0.4, -0.2) is 0 Å². The molecule has 3 rings (SSSR count). The van der Waals surface area contributed by atoms with E-state index in [-0.39, 0.29) is 14.1 Å². The van der Waals surface area contributed by atoms with Gasteiger partial charge in [-0.3, -0.25) is 0 Å². The van der Waals surface area contributed by atoms with Gasteiger partial charge >= 0.3 is 0 Å². The Morgan fingerprint density at radius 3 is 0.957 bits per heavy atom. The highest BCUT2D eigenvalue weighted by Gasteiger charge is 2.11. The van der Waals surface area contributed by atoms with Crippen LogP contribution in [0.15, 0.2) is 91.0 Å². The van der Waals surface area contributed by atoms with Gasteiger partial charge < -0.3 is 6.15 Å². The quantitative estimate of drug-likeness (QED) is 0.536. The van der Waals surface area contributed by atoms with Crippen molar-refractivity contribution in [3.63, 3.8) is 0 Å². The summed E-state index contributed by atoms with van der Waals surface area (Å²) in [5.41, 5.74) is 4.38. The first-order chi connectivity index (χ1) is 10.9. The molecule has 3 N–H and O–H groups in total. The molecule has 0 radical (unpaired) electrons. The highest BCUT2D eigenvalue weighted by Crippen LogP contribution is 2.46. The van der Waals surface area contributed by atoms with Crippen molar-refractivity contribution in [3.8, 4) is 0 Å². The van der Waals surface area contributed by atoms with Crippen molar-refractivity contribution < 1.29 is 0 Å². The number of hydrogen-bond donors (Lipinski definition) is 1. The van der Waals surface area contributed by atoms with Crippen molar-refractivity contribution >= 4 is 7.92 Å². The van der Waals surface area contributed by atoms with Gasteiger partial charge in [0.25, 0.3) is 0 Å². The first kappa shape index (κ1) is 17.4. The Bertz CT molecular complexity index is 569. The van der Waals surface area contributed by atoms with Crippen LogP contribution in [0.3, 0.4) is 0 Å². The lowest BCUT2D eigenvalue weighted by Gasteiger charge is -2.18. The molecule has 2 heteroatoms. The lowest BCUT2D eigenvalue weighted by molar-refractivity contribution is 1.26. The molecular weight excluding hydrogens is 297 g/mol. The lowest BCUT2D eigenvalue weighted by Crippen LogP contribution is -1.93. The van der Waals surface area contributed by atoms with E-state index in [1.54, 1.807) is 0 Å². The molecule has 0 saturated heterocycles. The monoisotopic (exact) mass is 321 g/mol. The van der Waals surface area contributed by atoms with E-state index in [1.807, 2.05) is 0 Å². The van der Waals surface area contributed by atoms with E-state index in [1.165, 1.54) is 35.2 Å². The minimum atomic E-state index is -0.0895. The molecule has 1 nitrogen and oxygen atoms in total. The molecular formula is C21H24NP. The number of rotatable bonds is 6. The molecule has 0 aliphatic rings. The van der Waals surface area contributed by atoms with Gasteiger partial charge in [-0.1, -0.05) is 98.9 Å². The van der Waals surface area contributed by atoms with Gasteiger partial charge in [0.1, 0.15) is 0 Å². The van der Waals surface area contributed by atoms with Crippen LogP contribution in [0.1, 0.15) is 16.7 Å². The van der Waals surface area contributed by atoms with Gasteiger partial charge in [-0.25, -0.2) is 0 Å². The van der Waals surface area contributed by atoms with E-state index in [0.29, 0.717) is 0 Å². The first-order valence-electron chi connectivity index (χ1n) is 7.74. The zero-order valence-electron chi connectivity index (χ0n) is 13.4. The average Bonchev–Trinajstić information content (AvgIpc) is 2.57. The molecule has 3 aromatic carbocycles. The van der Waals surface area contributed by atoms with E-state index < -0.39 is 0 Å². The lowest BCUT2D eigenvalue weighted by atomic mass is 10.2. The third kappa shape index (κ3) is 5.63. The zero-order chi connectivity index (χ0) is 15.0. The standard InChI is InChI=1S/C21H21P.H3N/c1-4-10-19(11-5-1)16-22(17-20-12-6-2-7-13-20)18-21-14-8-3-9-15-21;/h1-15H,16-18H2;1H3. The van der Waals surface area contributed by atoms with Gasteiger partial charge in [0.15, 0.2) is 0 Å². The summed E-state index contributed by atoms with van der Waals surface area (Å²) in [5.74, 6) is 0. The van der Waals surface area contributed by atoms with Crippen LogP contribution < -0.4 is 6.15 Å². The summed E-state index contributed by atoms with van der Waals surface area (Å²) in [6.45, 7) is 0. The Balaban J connectivity index is 0.00000192. The minimum absolute atomic E-state index is 0. The maximum atomic E-state index is 2.26. The van der Waals surface area contributed by atoms with Gasteiger partial charge in [0.05, 0.1) is 0 Å². The van der Waals surface area contributed by atoms with E-state index in [9.17, 15) is 0 Å². The highest BCUT2D eigenvalue weighted by molar-refractivity contribution is 7.55. The first-order valence-corrected chi connectivity index (χ1v) is 9.64. The van der Waals surface area contributed by atoms with Crippen LogP contribution in [-0.2, 0) is 18.5 Å². The summed E-state index contributed by atoms with van der Waals surface area (Å²) in [7, 11) is -0.0895. The van der Waals surface area contributed by atoms with Gasteiger partial charge in [-0.2, -0.15) is 0 Å². The topological polar surface area (TPSA) is 35.0 Å². The van der Waals surface area contributed by atoms with Crippen molar-refractivity contribution in [2.45, 2.75) is 18.5 Å². The second-order valence-corrected chi connectivity index (χ2v) is 7.89. The van der Waals surface area contributed by atoms with E-state index >= 15 is 0 Å². The van der Waals surface area contributed by atoms with E-state index in [2.05, 4.69) is 91.0 Å². The predicted molar refractivity (Wildman–Crippen MR) is 102 cm³/mol. The largest absolute Gasteiger partial charge is 0.344 e. The smallest absolute Gasteiger partial charge is 0.00671 e. The van der Waals surface area contributed by atoms with Crippen LogP contribution in [0.4, 0.5) is 0 Å². The van der Waals surface area contributed by atoms with Gasteiger partial charge in [0, 0.05) is 0 Å². The number of hydrogen-bond acceptors (Lipinski definition) is 1. The van der Waals surface area contributed by atoms with Crippen LogP contribution >= 0.6 is 7.92 Å². The Labute approximate surface area is 140 Å². The molecule has 0 aromatic heterocycles. The molecule has 0 aliphatic carbocycles. The summed E-state index contributed by atoms with van der Waals surface area (Å²) in [5, 5.41) is 0. The fraction of sp³-hybridized carbons (Fsp3) is 0.143. The highest BCUT2D eigenvalue weighted by atomic mass is 31.1. The molecule has 0 spiro atoms. The molecule has 0 heterocycles. The summed E-state index contributed by atoms with van der Waals surface area (Å²) >= 11 is 0. The molecule has 23 heavy (non-hydrogen) atoms. The average molecular weight is 321 g/mol. The molecule has 0 saturated carbocycles. The van der Waals surface area contributed by atoms with Crippen LogP contribution in [0.2, 0.25) is 0 Å². The minimum Gasteiger partial charge on any atom is -0.344 e. The van der Waals surface area contributed by atoms with E-state index in [0.717, 1.165) is 0 Å². The van der Waals surface area contributed by atoms with Gasteiger partial charge in [-0.05, 0) is 35.2 Å². The third-order valence-electron chi connectivity index (χ3n) is 3.75. The van der Waals surface area contributed by atoms with Crippen LogP contribution in [0, 0.1) is 0 Å². The van der Waals surface area contributed by atoms with Crippen molar-refractivity contribution in [1.82, 2.24) is 6.15 Å². The van der Waals surface area contributed by atoms with Crippen LogP contribution in [0.25, 0.3) is 0 Å². The van der Waals surface area contributed by atoms with Crippen molar-refractivity contribution in [3.05, 3.63) is 108 Å². The summed E-state index contributed by atoms with van der Waals surface area (Å²) < 4.78 is 0. The van der Waals surface area contributed by atoms with E-state index in [4.69, 9.17) is 0 Å². The van der Waals surface area contributed by atoms with Crippen molar-refractivity contribution in [2.75, 3.05) is 0 Å². The molecule has 0 unspecified atom stereocenters. The normalized spacial score (nSPS) is 10.3. The Hall–Kier alpha value is -1.95. The van der Waals surface area contributed by atoms with Crippen molar-refractivity contribution in [2.24, 2.45) is 0 Å². The fourth-order valence-electron chi connectivity index (χ4n) is 2.69. The Morgan fingerprint density at radius 2 is 0.696 bits per heavy atom. The van der Waals surface area contributed by atoms with Gasteiger partial charge in [-0.15, -0.1) is 0 Å². The molecule has 118 valence electrons. The molecule has 0 amide bonds. The molecule has 3 aromatic rings. The Kier molecular flexibility index (Phi) is 7.00. The SMILES string of the molecule is N.c1ccc(CP(Cc2ccccc2)Cc2ccccc2)cc1. The van der Waals surface area contributed by atoms with Gasteiger partial charge in [0.2, 0.25) is 0 Å². The fourth-order valence-corrected chi connectivity index (χ4v) is 5.21. The molecule has 0 aliphatic heterocycles. The Morgan fingerprint density at radius 1 is 0.435 bits per heavy atom. The summed E-state index contributed by atoms with van der Waals surface area (Å²) in [6.07, 6.45) is 3.58. The predicted octanol–water partition coefficient (Wildman–Crippen LogP) is 6.23. The third-order valence-corrected chi connectivity index (χ3v) is 6.18. The summed E-state index contributed by atoms with van der Waals surface area (Å²) in [4.78, 5) is 0. The molecule has 0 atom stereocenters. The maximum absolute atomic E-state index is 2.26. The zero-order valence-corrected chi connectivity index (χ0v) is 14.3. The van der Waals surface area contributed by atoms with Crippen molar-refractivity contribution in [1.29, 1.82) is 0 Å². The summed E-state index contributed by atoms with van der Waals surface area (Å²) in [6, 6.07) is 32.7. The number of benzene rings is 3. The maximum Gasteiger partial charge on any atom is -0.00671 e. The molecule has 0 bridgehead atoms. The molecule has 0 fully saturated rings.